The number of carbonyl (C=O) groups is 1. The molecular formula is C19H19N3O4S2. The lowest BCUT2D eigenvalue weighted by Crippen LogP contribution is -2.41. The van der Waals surface area contributed by atoms with Crippen LogP contribution in [0.4, 0.5) is 0 Å². The molecule has 2 aliphatic rings. The van der Waals surface area contributed by atoms with Crippen molar-refractivity contribution in [1.82, 2.24) is 14.7 Å². The molecule has 2 N–H and O–H groups in total. The lowest BCUT2D eigenvalue weighted by atomic mass is 10.1. The minimum atomic E-state index is -3.01. The van der Waals surface area contributed by atoms with Crippen LogP contribution in [0.3, 0.4) is 0 Å². The number of morpholine rings is 1. The van der Waals surface area contributed by atoms with Gasteiger partial charge in [-0.25, -0.2) is 4.68 Å². The van der Waals surface area contributed by atoms with E-state index < -0.39 is 10.6 Å². The minimum Gasteiger partial charge on any atom is -0.378 e. The van der Waals surface area contributed by atoms with Gasteiger partial charge in [0.25, 0.3) is 5.91 Å². The van der Waals surface area contributed by atoms with E-state index in [0.717, 1.165) is 16.3 Å². The first-order chi connectivity index (χ1) is 13.6. The third-order valence-corrected chi connectivity index (χ3v) is 7.81. The highest BCUT2D eigenvalue weighted by molar-refractivity contribution is 8.23. The third kappa shape index (κ3) is 2.78. The highest BCUT2D eigenvalue weighted by atomic mass is 32.3. The van der Waals surface area contributed by atoms with Crippen LogP contribution < -0.4 is 0 Å². The monoisotopic (exact) mass is 417 g/mol. The van der Waals surface area contributed by atoms with Crippen LogP contribution in [0.25, 0.3) is 16.3 Å². The quantitative estimate of drug-likeness (QED) is 0.664. The zero-order chi connectivity index (χ0) is 19.3. The van der Waals surface area contributed by atoms with Crippen LogP contribution in [-0.2, 0) is 10.5 Å². The number of carbonyl (C=O) groups excluding carboxylic acids is 1. The van der Waals surface area contributed by atoms with Crippen LogP contribution >= 0.6 is 21.9 Å². The van der Waals surface area contributed by atoms with Gasteiger partial charge in [0.2, 0.25) is 0 Å². The van der Waals surface area contributed by atoms with Crippen LogP contribution in [0, 0.1) is 0 Å². The maximum absolute atomic E-state index is 13.2. The van der Waals surface area contributed by atoms with Gasteiger partial charge in [0.15, 0.2) is 5.69 Å². The van der Waals surface area contributed by atoms with E-state index in [9.17, 15) is 13.9 Å². The van der Waals surface area contributed by atoms with Gasteiger partial charge in [0.05, 0.1) is 40.1 Å². The van der Waals surface area contributed by atoms with E-state index in [1.807, 2.05) is 35.7 Å². The zero-order valence-electron chi connectivity index (χ0n) is 14.9. The Morgan fingerprint density at radius 2 is 1.89 bits per heavy atom. The van der Waals surface area contributed by atoms with Crippen LogP contribution in [0.5, 0.6) is 0 Å². The number of hydrogen-bond donors (Lipinski definition) is 2. The molecule has 1 amide bonds. The van der Waals surface area contributed by atoms with Crippen LogP contribution in [0.2, 0.25) is 0 Å². The molecule has 2 aliphatic heterocycles. The summed E-state index contributed by atoms with van der Waals surface area (Å²) in [6.07, 6.45) is 0. The molecule has 146 valence electrons. The highest BCUT2D eigenvalue weighted by Crippen LogP contribution is 2.61. The average molecular weight is 418 g/mol. The molecule has 0 unspecified atom stereocenters. The molecule has 1 fully saturated rings. The second-order valence-corrected chi connectivity index (χ2v) is 9.73. The summed E-state index contributed by atoms with van der Waals surface area (Å²) in [5.74, 6) is -0.186. The second kappa shape index (κ2) is 6.71. The normalized spacial score (nSPS) is 19.0. The van der Waals surface area contributed by atoms with Gasteiger partial charge < -0.3 is 9.64 Å². The highest BCUT2D eigenvalue weighted by Gasteiger charge is 2.38. The molecule has 5 rings (SSSR count). The van der Waals surface area contributed by atoms with Gasteiger partial charge in [0, 0.05) is 18.7 Å². The standard InChI is InChI=1S/C19H19N3O4S2/c23-19(21-7-9-26-10-8-21)16-14-12-28(24,25)15-6-11-27-18(15)17(14)22(20-16)13-4-2-1-3-5-13/h1-6,11,24-25H,7-10,12H2. The van der Waals surface area contributed by atoms with E-state index >= 15 is 0 Å². The van der Waals surface area contributed by atoms with E-state index in [-0.39, 0.29) is 11.7 Å². The van der Waals surface area contributed by atoms with E-state index in [1.165, 1.54) is 11.3 Å². The first-order valence-electron chi connectivity index (χ1n) is 8.94. The van der Waals surface area contributed by atoms with Crippen LogP contribution in [0.1, 0.15) is 16.1 Å². The largest absolute Gasteiger partial charge is 0.378 e. The molecular weight excluding hydrogens is 398 g/mol. The van der Waals surface area contributed by atoms with E-state index in [2.05, 4.69) is 5.10 Å². The summed E-state index contributed by atoms with van der Waals surface area (Å²) < 4.78 is 28.5. The van der Waals surface area contributed by atoms with E-state index in [1.54, 1.807) is 15.6 Å². The molecule has 3 aromatic rings. The maximum atomic E-state index is 13.2. The van der Waals surface area contributed by atoms with Gasteiger partial charge in [0.1, 0.15) is 0 Å². The molecule has 0 bridgehead atoms. The SMILES string of the molecule is O=C(c1nn(-c2ccccc2)c2c1CS(O)(O)c1ccsc1-2)N1CCOCC1. The van der Waals surface area contributed by atoms with Gasteiger partial charge in [-0.1, -0.05) is 18.2 Å². The smallest absolute Gasteiger partial charge is 0.274 e. The summed E-state index contributed by atoms with van der Waals surface area (Å²) in [5.41, 5.74) is 2.51. The summed E-state index contributed by atoms with van der Waals surface area (Å²) in [6.45, 7) is 2.01. The van der Waals surface area contributed by atoms with Gasteiger partial charge in [-0.15, -0.1) is 11.3 Å². The van der Waals surface area contributed by atoms with Crippen molar-refractivity contribution in [1.29, 1.82) is 0 Å². The molecule has 0 aliphatic carbocycles. The number of nitrogens with zero attached hydrogens (tertiary/aromatic N) is 3. The Morgan fingerprint density at radius 3 is 2.64 bits per heavy atom. The van der Waals surface area contributed by atoms with Crippen molar-refractivity contribution in [2.45, 2.75) is 10.6 Å². The molecule has 0 atom stereocenters. The Morgan fingerprint density at radius 1 is 1.14 bits per heavy atom. The maximum Gasteiger partial charge on any atom is 0.274 e. The van der Waals surface area contributed by atoms with Crippen molar-refractivity contribution in [3.05, 3.63) is 53.0 Å². The summed E-state index contributed by atoms with van der Waals surface area (Å²) in [6, 6.07) is 11.4. The van der Waals surface area contributed by atoms with Crippen molar-refractivity contribution in [3.8, 4) is 16.3 Å². The van der Waals surface area contributed by atoms with Crippen molar-refractivity contribution < 1.29 is 18.6 Å². The summed E-state index contributed by atoms with van der Waals surface area (Å²) in [7, 11) is -3.01. The number of benzene rings is 1. The van der Waals surface area contributed by atoms with Crippen LogP contribution in [-0.4, -0.2) is 56.0 Å². The van der Waals surface area contributed by atoms with Crippen LogP contribution in [0.15, 0.2) is 46.7 Å². The predicted molar refractivity (Wildman–Crippen MR) is 108 cm³/mol. The Kier molecular flexibility index (Phi) is 4.29. The molecule has 9 heteroatoms. The van der Waals surface area contributed by atoms with E-state index in [0.29, 0.717) is 42.5 Å². The lowest BCUT2D eigenvalue weighted by molar-refractivity contribution is 0.0298. The fourth-order valence-electron chi connectivity index (χ4n) is 3.67. The topological polar surface area (TPSA) is 87.8 Å². The summed E-state index contributed by atoms with van der Waals surface area (Å²) in [4.78, 5) is 16.2. The predicted octanol–water partition coefficient (Wildman–Crippen LogP) is 3.70. The van der Waals surface area contributed by atoms with E-state index in [4.69, 9.17) is 4.74 Å². The third-order valence-electron chi connectivity index (χ3n) is 5.03. The molecule has 28 heavy (non-hydrogen) atoms. The average Bonchev–Trinajstić information content (AvgIpc) is 3.34. The molecule has 0 radical (unpaired) electrons. The Hall–Kier alpha value is -2.17. The Bertz CT molecular complexity index is 1040. The van der Waals surface area contributed by atoms with Gasteiger partial charge >= 0.3 is 0 Å². The number of rotatable bonds is 2. The molecule has 4 heterocycles. The first kappa shape index (κ1) is 17.9. The fraction of sp³-hybridized carbons (Fsp3) is 0.263. The van der Waals surface area contributed by atoms with Crippen molar-refractivity contribution >= 4 is 27.8 Å². The van der Waals surface area contributed by atoms with Gasteiger partial charge in [-0.05, 0) is 23.6 Å². The zero-order valence-corrected chi connectivity index (χ0v) is 16.6. The molecule has 7 nitrogen and oxygen atoms in total. The van der Waals surface area contributed by atoms with Gasteiger partial charge in [-0.2, -0.15) is 15.7 Å². The number of amides is 1. The molecule has 2 aromatic heterocycles. The minimum absolute atomic E-state index is 0.00428. The van der Waals surface area contributed by atoms with Gasteiger partial charge in [-0.3, -0.25) is 13.9 Å². The first-order valence-corrected chi connectivity index (χ1v) is 11.5. The Labute approximate surface area is 167 Å². The number of thiophene rings is 1. The summed E-state index contributed by atoms with van der Waals surface area (Å²) in [5, 5.41) is 6.51. The molecule has 0 spiro atoms. The number of hydrogen-bond acceptors (Lipinski definition) is 6. The fourth-order valence-corrected chi connectivity index (χ4v) is 6.66. The second-order valence-electron chi connectivity index (χ2n) is 6.75. The number of fused-ring (bicyclic) bond motifs is 3. The van der Waals surface area contributed by atoms with Crippen molar-refractivity contribution in [2.24, 2.45) is 0 Å². The van der Waals surface area contributed by atoms with Crippen molar-refractivity contribution in [3.63, 3.8) is 0 Å². The lowest BCUT2D eigenvalue weighted by Gasteiger charge is -2.36. The number of ether oxygens (including phenoxy) is 1. The summed E-state index contributed by atoms with van der Waals surface area (Å²) >= 11 is 1.43. The molecule has 0 saturated carbocycles. The van der Waals surface area contributed by atoms with Crippen molar-refractivity contribution in [2.75, 3.05) is 26.3 Å². The number of para-hydroxylation sites is 1. The molecule has 1 aromatic carbocycles. The number of aromatic nitrogens is 2. The Balaban J connectivity index is 1.71. The molecule has 1 saturated heterocycles.